The van der Waals surface area contributed by atoms with Gasteiger partial charge in [-0.2, -0.15) is 4.39 Å². The van der Waals surface area contributed by atoms with E-state index in [4.69, 9.17) is 14.2 Å². The fourth-order valence-corrected chi connectivity index (χ4v) is 5.40. The molecule has 0 aliphatic carbocycles. The van der Waals surface area contributed by atoms with E-state index < -0.39 is 11.6 Å². The van der Waals surface area contributed by atoms with Crippen molar-refractivity contribution in [2.45, 2.75) is 96.7 Å². The van der Waals surface area contributed by atoms with Crippen molar-refractivity contribution in [3.63, 3.8) is 0 Å². The van der Waals surface area contributed by atoms with E-state index in [-0.39, 0.29) is 29.3 Å². The van der Waals surface area contributed by atoms with E-state index in [1.807, 2.05) is 13.0 Å². The first kappa shape index (κ1) is 32.8. The number of halogens is 3. The van der Waals surface area contributed by atoms with Crippen molar-refractivity contribution < 1.29 is 27.4 Å². The smallest absolute Gasteiger partial charge is 0.201 e. The summed E-state index contributed by atoms with van der Waals surface area (Å²) in [6, 6.07) is 14.9. The number of rotatable bonds is 16. The van der Waals surface area contributed by atoms with Crippen LogP contribution >= 0.6 is 0 Å². The maximum Gasteiger partial charge on any atom is 0.201 e. The van der Waals surface area contributed by atoms with Crippen molar-refractivity contribution in [1.82, 2.24) is 0 Å². The van der Waals surface area contributed by atoms with Crippen molar-refractivity contribution in [2.24, 2.45) is 0 Å². The Morgan fingerprint density at radius 1 is 0.721 bits per heavy atom. The van der Waals surface area contributed by atoms with Gasteiger partial charge in [-0.15, -0.1) is 0 Å². The largest absolute Gasteiger partial charge is 0.462 e. The maximum absolute atomic E-state index is 15.2. The molecule has 3 nitrogen and oxygen atoms in total. The van der Waals surface area contributed by atoms with E-state index >= 15 is 4.39 Å². The summed E-state index contributed by atoms with van der Waals surface area (Å²) in [7, 11) is 0. The molecular formula is C37H45F3O3. The molecule has 0 unspecified atom stereocenters. The van der Waals surface area contributed by atoms with Gasteiger partial charge < -0.3 is 14.2 Å². The highest BCUT2D eigenvalue weighted by Crippen LogP contribution is 2.33. The molecule has 3 aromatic rings. The topological polar surface area (TPSA) is 27.7 Å². The van der Waals surface area contributed by atoms with Gasteiger partial charge in [0.1, 0.15) is 5.82 Å². The summed E-state index contributed by atoms with van der Waals surface area (Å²) in [4.78, 5) is 0. The summed E-state index contributed by atoms with van der Waals surface area (Å²) in [6.07, 6.45) is 15.7. The van der Waals surface area contributed by atoms with Crippen molar-refractivity contribution in [3.8, 4) is 28.0 Å². The van der Waals surface area contributed by atoms with Gasteiger partial charge in [-0.3, -0.25) is 0 Å². The monoisotopic (exact) mass is 594 g/mol. The molecule has 0 radical (unpaired) electrons. The van der Waals surface area contributed by atoms with Crippen LogP contribution in [-0.4, -0.2) is 19.5 Å². The Morgan fingerprint density at radius 3 is 2.00 bits per heavy atom. The molecule has 232 valence electrons. The van der Waals surface area contributed by atoms with Gasteiger partial charge in [-0.1, -0.05) is 102 Å². The summed E-state index contributed by atoms with van der Waals surface area (Å²) >= 11 is 0. The highest BCUT2D eigenvalue weighted by atomic mass is 19.2. The fraction of sp³-hybridized carbons (Fsp3) is 0.459. The molecule has 3 aromatic carbocycles. The zero-order valence-electron chi connectivity index (χ0n) is 25.6. The Hall–Kier alpha value is -3.09. The van der Waals surface area contributed by atoms with Crippen molar-refractivity contribution >= 4 is 0 Å². The third kappa shape index (κ3) is 9.45. The molecule has 1 heterocycles. The number of benzene rings is 3. The van der Waals surface area contributed by atoms with Crippen molar-refractivity contribution in [1.29, 1.82) is 0 Å². The molecule has 1 saturated heterocycles. The molecule has 6 heteroatoms. The van der Waals surface area contributed by atoms with Crippen LogP contribution in [0.2, 0.25) is 0 Å². The minimum Gasteiger partial charge on any atom is -0.462 e. The molecule has 0 amide bonds. The average Bonchev–Trinajstić information content (AvgIpc) is 3.03. The molecular weight excluding hydrogens is 549 g/mol. The predicted octanol–water partition coefficient (Wildman–Crippen LogP) is 11.1. The quantitative estimate of drug-likeness (QED) is 0.122. The molecule has 4 rings (SSSR count). The van der Waals surface area contributed by atoms with Crippen LogP contribution in [0.3, 0.4) is 0 Å². The Kier molecular flexibility index (Phi) is 13.2. The summed E-state index contributed by atoms with van der Waals surface area (Å²) in [6.45, 7) is 5.28. The summed E-state index contributed by atoms with van der Waals surface area (Å²) in [5, 5.41) is 0. The molecule has 0 N–H and O–H groups in total. The number of hydrogen-bond donors (Lipinski definition) is 0. The van der Waals surface area contributed by atoms with E-state index in [1.54, 1.807) is 42.5 Å². The number of ether oxygens (including phenoxy) is 3. The zero-order valence-corrected chi connectivity index (χ0v) is 25.6. The SMILES string of the molecule is CCC/C=C\Oc1ccc(-c2ccc(-c3ccc(C4COC(CCCCCCCCCC)OC4)cc3F)cc2)c(F)c1F. The first-order valence-electron chi connectivity index (χ1n) is 15.9. The first-order chi connectivity index (χ1) is 21.0. The van der Waals surface area contributed by atoms with Crippen LogP contribution in [-0.2, 0) is 9.47 Å². The van der Waals surface area contributed by atoms with Gasteiger partial charge >= 0.3 is 0 Å². The molecule has 0 saturated carbocycles. The zero-order chi connectivity index (χ0) is 30.4. The highest BCUT2D eigenvalue weighted by Gasteiger charge is 2.24. The third-order valence-electron chi connectivity index (χ3n) is 8.02. The van der Waals surface area contributed by atoms with Crippen LogP contribution in [0.1, 0.15) is 96.0 Å². The molecule has 0 spiro atoms. The lowest BCUT2D eigenvalue weighted by molar-refractivity contribution is -0.190. The Morgan fingerprint density at radius 2 is 1.35 bits per heavy atom. The van der Waals surface area contributed by atoms with E-state index in [9.17, 15) is 8.78 Å². The lowest BCUT2D eigenvalue weighted by atomic mass is 9.95. The minimum absolute atomic E-state index is 0.0206. The van der Waals surface area contributed by atoms with Crippen LogP contribution in [0.15, 0.2) is 66.9 Å². The fourth-order valence-electron chi connectivity index (χ4n) is 5.40. The van der Waals surface area contributed by atoms with Crippen molar-refractivity contribution in [2.75, 3.05) is 13.2 Å². The lowest BCUT2D eigenvalue weighted by Gasteiger charge is -2.30. The molecule has 1 fully saturated rings. The Labute approximate surface area is 255 Å². The molecule has 43 heavy (non-hydrogen) atoms. The number of unbranched alkanes of at least 4 members (excludes halogenated alkanes) is 8. The standard InChI is InChI=1S/C37H45F3O3/c1-3-5-7-8-9-10-11-12-14-35-42-25-30(26-43-35)29-19-20-31(33(38)24-29)27-15-17-28(18-16-27)32-21-22-34(37(40)36(32)39)41-23-13-6-4-2/h13,15-24,30,35H,3-12,14,25-26H2,1-2H3/b23-13-. The summed E-state index contributed by atoms with van der Waals surface area (Å²) < 4.78 is 61.8. The summed E-state index contributed by atoms with van der Waals surface area (Å²) in [5.74, 6) is -2.56. The van der Waals surface area contributed by atoms with Gasteiger partial charge in [0.2, 0.25) is 5.82 Å². The van der Waals surface area contributed by atoms with Crippen LogP contribution in [0, 0.1) is 17.5 Å². The molecule has 1 aliphatic heterocycles. The lowest BCUT2D eigenvalue weighted by Crippen LogP contribution is -2.30. The van der Waals surface area contributed by atoms with Gasteiger partial charge in [-0.05, 0) is 60.2 Å². The Bertz CT molecular complexity index is 1300. The highest BCUT2D eigenvalue weighted by molar-refractivity contribution is 5.71. The Balaban J connectivity index is 1.29. The van der Waals surface area contributed by atoms with Gasteiger partial charge in [0, 0.05) is 17.0 Å². The second kappa shape index (κ2) is 17.3. The summed E-state index contributed by atoms with van der Waals surface area (Å²) in [5.41, 5.74) is 2.53. The average molecular weight is 595 g/mol. The molecule has 0 bridgehead atoms. The van der Waals surface area contributed by atoms with Gasteiger partial charge in [0.05, 0.1) is 19.5 Å². The number of allylic oxidation sites excluding steroid dienone is 1. The number of hydrogen-bond acceptors (Lipinski definition) is 3. The van der Waals surface area contributed by atoms with Gasteiger partial charge in [0.15, 0.2) is 17.9 Å². The minimum atomic E-state index is -1.04. The molecule has 0 atom stereocenters. The van der Waals surface area contributed by atoms with E-state index in [1.165, 1.54) is 63.3 Å². The van der Waals surface area contributed by atoms with Crippen LogP contribution in [0.4, 0.5) is 13.2 Å². The predicted molar refractivity (Wildman–Crippen MR) is 168 cm³/mol. The van der Waals surface area contributed by atoms with Crippen LogP contribution in [0.25, 0.3) is 22.3 Å². The molecule has 1 aliphatic rings. The van der Waals surface area contributed by atoms with Gasteiger partial charge in [-0.25, -0.2) is 8.78 Å². The normalized spacial score (nSPS) is 17.0. The van der Waals surface area contributed by atoms with Crippen LogP contribution in [0.5, 0.6) is 5.75 Å². The second-order valence-electron chi connectivity index (χ2n) is 11.4. The van der Waals surface area contributed by atoms with Gasteiger partial charge in [0.25, 0.3) is 0 Å². The third-order valence-corrected chi connectivity index (χ3v) is 8.02. The van der Waals surface area contributed by atoms with Crippen LogP contribution < -0.4 is 4.74 Å². The first-order valence-corrected chi connectivity index (χ1v) is 15.9. The van der Waals surface area contributed by atoms with E-state index in [0.717, 1.165) is 31.2 Å². The van der Waals surface area contributed by atoms with Crippen molar-refractivity contribution in [3.05, 3.63) is 90.0 Å². The maximum atomic E-state index is 15.2. The second-order valence-corrected chi connectivity index (χ2v) is 11.4. The van der Waals surface area contributed by atoms with E-state index in [0.29, 0.717) is 29.9 Å². The van der Waals surface area contributed by atoms with E-state index in [2.05, 4.69) is 6.92 Å². The molecule has 0 aromatic heterocycles.